The Balaban J connectivity index is 2.84. The normalized spacial score (nSPS) is 10.8. The number of hydrogen-bond acceptors (Lipinski definition) is 3. The van der Waals surface area contributed by atoms with Crippen LogP contribution in [0.25, 0.3) is 5.78 Å². The molecule has 0 aliphatic carbocycles. The number of alkyl halides is 1. The summed E-state index contributed by atoms with van der Waals surface area (Å²) in [6.45, 7) is 0. The highest BCUT2D eigenvalue weighted by atomic mass is 35.5. The van der Waals surface area contributed by atoms with Crippen LogP contribution in [0.2, 0.25) is 0 Å². The number of hydrogen-bond donors (Lipinski definition) is 1. The molecule has 12 heavy (non-hydrogen) atoms. The minimum Gasteiger partial charge on any atom is -0.278 e. The molecule has 0 fully saturated rings. The first kappa shape index (κ1) is 7.30. The fourth-order valence-corrected chi connectivity index (χ4v) is 1.07. The summed E-state index contributed by atoms with van der Waals surface area (Å²) in [6, 6.07) is 1.37. The third-order valence-electron chi connectivity index (χ3n) is 1.46. The second-order valence-corrected chi connectivity index (χ2v) is 2.51. The molecule has 62 valence electrons. The number of rotatable bonds is 1. The van der Waals surface area contributed by atoms with Gasteiger partial charge in [0.25, 0.3) is 11.3 Å². The second kappa shape index (κ2) is 2.60. The molecule has 2 aromatic rings. The lowest BCUT2D eigenvalue weighted by molar-refractivity contribution is 0.887. The Morgan fingerprint density at radius 2 is 2.50 bits per heavy atom. The van der Waals surface area contributed by atoms with E-state index in [1.54, 1.807) is 0 Å². The van der Waals surface area contributed by atoms with Gasteiger partial charge in [0.05, 0.1) is 11.6 Å². The van der Waals surface area contributed by atoms with E-state index in [0.29, 0.717) is 11.5 Å². The van der Waals surface area contributed by atoms with Gasteiger partial charge in [0, 0.05) is 6.07 Å². The minimum absolute atomic E-state index is 0.201. The van der Waals surface area contributed by atoms with Crippen LogP contribution in [0.15, 0.2) is 17.2 Å². The summed E-state index contributed by atoms with van der Waals surface area (Å²) >= 11 is 5.52. The van der Waals surface area contributed by atoms with Crippen LogP contribution in [0.4, 0.5) is 0 Å². The Bertz CT molecular complexity index is 460. The SMILES string of the molecule is O=c1cc(CCl)nc2nc[nH]n12. The Morgan fingerprint density at radius 3 is 3.25 bits per heavy atom. The summed E-state index contributed by atoms with van der Waals surface area (Å²) in [6.07, 6.45) is 1.40. The van der Waals surface area contributed by atoms with Crippen LogP contribution in [0.1, 0.15) is 5.69 Å². The van der Waals surface area contributed by atoms with Gasteiger partial charge in [0.2, 0.25) is 0 Å². The Hall–Kier alpha value is -1.36. The monoisotopic (exact) mass is 184 g/mol. The zero-order valence-electron chi connectivity index (χ0n) is 5.99. The predicted octanol–water partition coefficient (Wildman–Crippen LogP) is 0.156. The average molecular weight is 185 g/mol. The largest absolute Gasteiger partial charge is 0.278 e. The summed E-state index contributed by atoms with van der Waals surface area (Å²) in [5.41, 5.74) is 0.335. The number of H-pyrrole nitrogens is 1. The number of halogens is 1. The quantitative estimate of drug-likeness (QED) is 0.642. The molecule has 0 bridgehead atoms. The van der Waals surface area contributed by atoms with Gasteiger partial charge in [0.1, 0.15) is 6.33 Å². The van der Waals surface area contributed by atoms with Crippen LogP contribution >= 0.6 is 11.6 Å². The van der Waals surface area contributed by atoms with Crippen LogP contribution in [0.3, 0.4) is 0 Å². The topological polar surface area (TPSA) is 63.0 Å². The van der Waals surface area contributed by atoms with Crippen molar-refractivity contribution >= 4 is 17.4 Å². The number of nitrogens with one attached hydrogen (secondary N) is 1. The lowest BCUT2D eigenvalue weighted by Crippen LogP contribution is -2.15. The van der Waals surface area contributed by atoms with Crippen molar-refractivity contribution in [3.8, 4) is 0 Å². The number of nitrogens with zero attached hydrogens (tertiary/aromatic N) is 3. The van der Waals surface area contributed by atoms with Crippen LogP contribution in [0, 0.1) is 0 Å². The molecule has 0 radical (unpaired) electrons. The molecule has 0 aliphatic heterocycles. The van der Waals surface area contributed by atoms with E-state index < -0.39 is 0 Å². The van der Waals surface area contributed by atoms with Crippen molar-refractivity contribution in [1.29, 1.82) is 0 Å². The summed E-state index contributed by atoms with van der Waals surface area (Å²) in [4.78, 5) is 19.0. The van der Waals surface area contributed by atoms with E-state index in [-0.39, 0.29) is 11.4 Å². The van der Waals surface area contributed by atoms with Gasteiger partial charge in [-0.15, -0.1) is 11.6 Å². The lowest BCUT2D eigenvalue weighted by Gasteiger charge is -1.92. The smallest absolute Gasteiger partial charge is 0.274 e. The summed E-state index contributed by atoms with van der Waals surface area (Å²) in [5.74, 6) is 0.566. The highest BCUT2D eigenvalue weighted by molar-refractivity contribution is 6.16. The van der Waals surface area contributed by atoms with Crippen molar-refractivity contribution < 1.29 is 0 Å². The molecule has 0 atom stereocenters. The summed E-state index contributed by atoms with van der Waals surface area (Å²) in [5, 5.41) is 2.63. The summed E-state index contributed by atoms with van der Waals surface area (Å²) in [7, 11) is 0. The molecule has 2 aromatic heterocycles. The maximum atomic E-state index is 11.2. The molecule has 2 heterocycles. The van der Waals surface area contributed by atoms with Gasteiger partial charge in [-0.25, -0.2) is 9.97 Å². The van der Waals surface area contributed by atoms with Gasteiger partial charge >= 0.3 is 0 Å². The molecular formula is C6H5ClN4O. The molecule has 0 spiro atoms. The van der Waals surface area contributed by atoms with Crippen LogP contribution < -0.4 is 5.56 Å². The number of fused-ring (bicyclic) bond motifs is 1. The van der Waals surface area contributed by atoms with Gasteiger partial charge in [-0.1, -0.05) is 0 Å². The first-order chi connectivity index (χ1) is 5.81. The van der Waals surface area contributed by atoms with E-state index in [4.69, 9.17) is 11.6 Å². The highest BCUT2D eigenvalue weighted by Crippen LogP contribution is 1.97. The fourth-order valence-electron chi connectivity index (χ4n) is 0.937. The number of aromatic nitrogens is 4. The third-order valence-corrected chi connectivity index (χ3v) is 1.73. The highest BCUT2D eigenvalue weighted by Gasteiger charge is 2.01. The first-order valence-corrected chi connectivity index (χ1v) is 3.83. The number of aromatic amines is 1. The maximum absolute atomic E-state index is 11.2. The molecule has 0 amide bonds. The van der Waals surface area contributed by atoms with Crippen molar-refractivity contribution in [1.82, 2.24) is 19.6 Å². The van der Waals surface area contributed by atoms with Gasteiger partial charge in [0.15, 0.2) is 0 Å². The summed E-state index contributed by atoms with van der Waals surface area (Å²) < 4.78 is 1.25. The molecular weight excluding hydrogens is 180 g/mol. The molecule has 0 aliphatic rings. The lowest BCUT2D eigenvalue weighted by atomic mass is 10.4. The van der Waals surface area contributed by atoms with Crippen molar-refractivity contribution in [2.24, 2.45) is 0 Å². The van der Waals surface area contributed by atoms with Crippen LogP contribution in [0.5, 0.6) is 0 Å². The van der Waals surface area contributed by atoms with Gasteiger partial charge in [-0.05, 0) is 0 Å². The first-order valence-electron chi connectivity index (χ1n) is 3.29. The maximum Gasteiger partial charge on any atom is 0.274 e. The van der Waals surface area contributed by atoms with E-state index >= 15 is 0 Å². The van der Waals surface area contributed by atoms with Crippen molar-refractivity contribution in [3.05, 3.63) is 28.4 Å². The van der Waals surface area contributed by atoms with E-state index in [9.17, 15) is 4.79 Å². The molecule has 0 saturated carbocycles. The van der Waals surface area contributed by atoms with E-state index in [2.05, 4.69) is 15.1 Å². The molecule has 2 rings (SSSR count). The van der Waals surface area contributed by atoms with E-state index in [1.165, 1.54) is 16.9 Å². The van der Waals surface area contributed by atoms with Crippen LogP contribution in [-0.4, -0.2) is 19.6 Å². The molecule has 6 heteroatoms. The van der Waals surface area contributed by atoms with Crippen molar-refractivity contribution in [3.63, 3.8) is 0 Å². The van der Waals surface area contributed by atoms with E-state index in [0.717, 1.165) is 0 Å². The molecule has 0 unspecified atom stereocenters. The van der Waals surface area contributed by atoms with Gasteiger partial charge < -0.3 is 0 Å². The Labute approximate surface area is 72.0 Å². The Kier molecular flexibility index (Phi) is 1.58. The van der Waals surface area contributed by atoms with Crippen LogP contribution in [-0.2, 0) is 5.88 Å². The molecule has 0 saturated heterocycles. The second-order valence-electron chi connectivity index (χ2n) is 2.24. The molecule has 5 nitrogen and oxygen atoms in total. The fraction of sp³-hybridized carbons (Fsp3) is 0.167. The molecule has 1 N–H and O–H groups in total. The third kappa shape index (κ3) is 0.984. The van der Waals surface area contributed by atoms with Crippen molar-refractivity contribution in [2.75, 3.05) is 0 Å². The van der Waals surface area contributed by atoms with Gasteiger partial charge in [-0.3, -0.25) is 9.89 Å². The molecule has 0 aromatic carbocycles. The average Bonchev–Trinajstić information content (AvgIpc) is 2.52. The van der Waals surface area contributed by atoms with Gasteiger partial charge in [-0.2, -0.15) is 4.52 Å². The Morgan fingerprint density at radius 1 is 1.67 bits per heavy atom. The van der Waals surface area contributed by atoms with E-state index in [1.807, 2.05) is 0 Å². The zero-order chi connectivity index (χ0) is 8.55. The minimum atomic E-state index is -0.201. The standard InChI is InChI=1S/C6H5ClN4O/c7-2-4-1-5(12)11-6(10-4)8-3-9-11/h1,3H,2H2,(H,8,9,10). The zero-order valence-corrected chi connectivity index (χ0v) is 6.75. The van der Waals surface area contributed by atoms with Crippen molar-refractivity contribution in [2.45, 2.75) is 5.88 Å². The predicted molar refractivity (Wildman–Crippen MR) is 43.2 cm³/mol.